The van der Waals surface area contributed by atoms with Crippen LogP contribution in [0.4, 0.5) is 0 Å². The van der Waals surface area contributed by atoms with Gasteiger partial charge >= 0.3 is 0 Å². The Bertz CT molecular complexity index is 834. The molecule has 0 atom stereocenters. The van der Waals surface area contributed by atoms with E-state index in [0.717, 1.165) is 43.5 Å². The van der Waals surface area contributed by atoms with E-state index in [0.29, 0.717) is 13.1 Å². The molecule has 2 aromatic heterocycles. The van der Waals surface area contributed by atoms with Crippen LogP contribution in [0.15, 0.2) is 29.4 Å². The maximum Gasteiger partial charge on any atom is 0.234 e. The summed E-state index contributed by atoms with van der Waals surface area (Å²) in [5.74, 6) is 0.966. The molecule has 0 spiro atoms. The van der Waals surface area contributed by atoms with Gasteiger partial charge < -0.3 is 19.9 Å². The van der Waals surface area contributed by atoms with Gasteiger partial charge in [-0.25, -0.2) is 4.98 Å². The molecule has 0 aliphatic carbocycles. The number of hydrogen-bond donors (Lipinski definition) is 2. The van der Waals surface area contributed by atoms with Crippen LogP contribution in [0.1, 0.15) is 25.2 Å². The van der Waals surface area contributed by atoms with Crippen molar-refractivity contribution in [3.8, 4) is 0 Å². The van der Waals surface area contributed by atoms with Crippen molar-refractivity contribution in [3.63, 3.8) is 0 Å². The van der Waals surface area contributed by atoms with E-state index in [1.807, 2.05) is 26.0 Å². The third kappa shape index (κ3) is 5.01. The van der Waals surface area contributed by atoms with Crippen molar-refractivity contribution in [2.24, 2.45) is 4.99 Å². The first-order chi connectivity index (χ1) is 13.5. The molecule has 0 saturated carbocycles. The number of aliphatic imine (C=N–C) groups is 1. The Kier molecular flexibility index (Phi) is 6.51. The number of carbonyl (C=O) groups is 1. The van der Waals surface area contributed by atoms with E-state index in [1.165, 1.54) is 5.69 Å². The maximum atomic E-state index is 11.9. The van der Waals surface area contributed by atoms with Gasteiger partial charge in [0, 0.05) is 51.2 Å². The summed E-state index contributed by atoms with van der Waals surface area (Å²) in [5.41, 5.74) is 3.11. The minimum atomic E-state index is 0.0908. The third-order valence-corrected chi connectivity index (χ3v) is 4.87. The second kappa shape index (κ2) is 9.05. The number of nitrogens with zero attached hydrogens (tertiary/aromatic N) is 5. The minimum absolute atomic E-state index is 0.0908. The fourth-order valence-corrected chi connectivity index (χ4v) is 3.47. The summed E-state index contributed by atoms with van der Waals surface area (Å²) in [7, 11) is 1.80. The average Bonchev–Trinajstić information content (AvgIpc) is 3.07. The second-order valence-corrected chi connectivity index (χ2v) is 7.51. The fourth-order valence-electron chi connectivity index (χ4n) is 3.47. The molecule has 28 heavy (non-hydrogen) atoms. The molecule has 1 aliphatic heterocycles. The number of guanidine groups is 1. The molecule has 1 fully saturated rings. The van der Waals surface area contributed by atoms with Crippen LogP contribution in [0.5, 0.6) is 0 Å². The number of piperazine rings is 1. The lowest BCUT2D eigenvalue weighted by molar-refractivity contribution is -0.123. The summed E-state index contributed by atoms with van der Waals surface area (Å²) >= 11 is 0. The van der Waals surface area contributed by atoms with Crippen LogP contribution >= 0.6 is 0 Å². The summed E-state index contributed by atoms with van der Waals surface area (Å²) < 4.78 is 2.10. The first-order valence-corrected chi connectivity index (χ1v) is 9.87. The number of nitrogens with one attached hydrogen (secondary N) is 2. The monoisotopic (exact) mass is 385 g/mol. The molecule has 3 heterocycles. The van der Waals surface area contributed by atoms with E-state index >= 15 is 0 Å². The lowest BCUT2D eigenvalue weighted by Crippen LogP contribution is -2.54. The highest BCUT2D eigenvalue weighted by atomic mass is 16.2. The fraction of sp³-hybridized carbons (Fsp3) is 0.550. The Labute approximate surface area is 166 Å². The molecule has 1 aliphatic rings. The zero-order chi connectivity index (χ0) is 20.1. The number of carbonyl (C=O) groups excluding carboxylic acids is 1. The Hall–Kier alpha value is -2.61. The van der Waals surface area contributed by atoms with Gasteiger partial charge in [-0.15, -0.1) is 0 Å². The normalized spacial score (nSPS) is 16.0. The topological polar surface area (TPSA) is 77.3 Å². The molecule has 0 unspecified atom stereocenters. The van der Waals surface area contributed by atoms with Gasteiger partial charge in [-0.1, -0.05) is 6.07 Å². The van der Waals surface area contributed by atoms with E-state index in [-0.39, 0.29) is 11.9 Å². The van der Waals surface area contributed by atoms with Crippen molar-refractivity contribution in [2.75, 3.05) is 39.8 Å². The van der Waals surface area contributed by atoms with Crippen molar-refractivity contribution in [1.29, 1.82) is 0 Å². The molecule has 2 aromatic rings. The highest BCUT2D eigenvalue weighted by molar-refractivity contribution is 5.80. The Balaban J connectivity index is 1.50. The largest absolute Gasteiger partial charge is 0.353 e. The molecular formula is C20H31N7O. The van der Waals surface area contributed by atoms with Crippen LogP contribution in [0.25, 0.3) is 5.65 Å². The Morgan fingerprint density at radius 3 is 2.64 bits per heavy atom. The number of pyridine rings is 1. The second-order valence-electron chi connectivity index (χ2n) is 7.51. The molecule has 0 bridgehead atoms. The number of amides is 1. The molecular weight excluding hydrogens is 354 g/mol. The highest BCUT2D eigenvalue weighted by Gasteiger charge is 2.21. The van der Waals surface area contributed by atoms with Gasteiger partial charge in [0.05, 0.1) is 18.8 Å². The van der Waals surface area contributed by atoms with E-state index in [4.69, 9.17) is 0 Å². The van der Waals surface area contributed by atoms with Crippen LogP contribution < -0.4 is 10.6 Å². The van der Waals surface area contributed by atoms with Crippen molar-refractivity contribution in [3.05, 3.63) is 35.8 Å². The van der Waals surface area contributed by atoms with Crippen LogP contribution in [0.2, 0.25) is 0 Å². The Morgan fingerprint density at radius 2 is 2.00 bits per heavy atom. The van der Waals surface area contributed by atoms with E-state index < -0.39 is 0 Å². The first kappa shape index (κ1) is 20.1. The number of imidazole rings is 1. The molecule has 2 N–H and O–H groups in total. The summed E-state index contributed by atoms with van der Waals surface area (Å²) in [5, 5.41) is 6.37. The SMILES string of the molecule is CN=C(NCc1cn2c(C)cccc2n1)N1CCN(CC(=O)NC(C)C)CC1. The van der Waals surface area contributed by atoms with Gasteiger partial charge in [0.25, 0.3) is 0 Å². The maximum absolute atomic E-state index is 11.9. The van der Waals surface area contributed by atoms with E-state index in [1.54, 1.807) is 7.05 Å². The number of fused-ring (bicyclic) bond motifs is 1. The van der Waals surface area contributed by atoms with Gasteiger partial charge in [-0.3, -0.25) is 14.7 Å². The lowest BCUT2D eigenvalue weighted by atomic mass is 10.3. The van der Waals surface area contributed by atoms with Gasteiger partial charge in [0.15, 0.2) is 5.96 Å². The summed E-state index contributed by atoms with van der Waals surface area (Å²) in [6.45, 7) is 10.5. The average molecular weight is 386 g/mol. The van der Waals surface area contributed by atoms with Crippen LogP contribution in [0, 0.1) is 6.92 Å². The van der Waals surface area contributed by atoms with Crippen molar-refractivity contribution < 1.29 is 4.79 Å². The van der Waals surface area contributed by atoms with Gasteiger partial charge in [0.1, 0.15) is 5.65 Å². The predicted octanol–water partition coefficient (Wildman–Crippen LogP) is 0.860. The third-order valence-electron chi connectivity index (χ3n) is 4.87. The molecule has 0 aromatic carbocycles. The molecule has 0 radical (unpaired) electrons. The molecule has 8 heteroatoms. The van der Waals surface area contributed by atoms with Gasteiger partial charge in [-0.05, 0) is 32.9 Å². The quantitative estimate of drug-likeness (QED) is 0.590. The molecule has 1 saturated heterocycles. The first-order valence-electron chi connectivity index (χ1n) is 9.87. The van der Waals surface area contributed by atoms with Crippen molar-refractivity contribution in [2.45, 2.75) is 33.4 Å². The number of aryl methyl sites for hydroxylation is 1. The molecule has 152 valence electrons. The van der Waals surface area contributed by atoms with E-state index in [2.05, 4.69) is 54.0 Å². The molecule has 3 rings (SSSR count). The van der Waals surface area contributed by atoms with Gasteiger partial charge in [-0.2, -0.15) is 0 Å². The summed E-state index contributed by atoms with van der Waals surface area (Å²) in [6, 6.07) is 6.29. The van der Waals surface area contributed by atoms with Gasteiger partial charge in [0.2, 0.25) is 5.91 Å². The minimum Gasteiger partial charge on any atom is -0.353 e. The predicted molar refractivity (Wildman–Crippen MR) is 111 cm³/mol. The van der Waals surface area contributed by atoms with Crippen molar-refractivity contribution >= 4 is 17.5 Å². The zero-order valence-corrected chi connectivity index (χ0v) is 17.3. The molecule has 1 amide bonds. The molecule has 8 nitrogen and oxygen atoms in total. The van der Waals surface area contributed by atoms with Crippen LogP contribution in [-0.2, 0) is 11.3 Å². The van der Waals surface area contributed by atoms with E-state index in [9.17, 15) is 4.79 Å². The van der Waals surface area contributed by atoms with Crippen LogP contribution in [0.3, 0.4) is 0 Å². The summed E-state index contributed by atoms with van der Waals surface area (Å²) in [4.78, 5) is 25.5. The Morgan fingerprint density at radius 1 is 1.25 bits per heavy atom. The zero-order valence-electron chi connectivity index (χ0n) is 17.3. The number of rotatable bonds is 5. The van der Waals surface area contributed by atoms with Crippen molar-refractivity contribution in [1.82, 2.24) is 29.8 Å². The standard InChI is InChI=1S/C20H31N7O/c1-15(2)23-19(28)14-25-8-10-26(11-9-25)20(21-4)22-12-17-13-27-16(3)6-5-7-18(27)24-17/h5-7,13,15H,8-12,14H2,1-4H3,(H,21,22)(H,23,28). The number of aromatic nitrogens is 2. The summed E-state index contributed by atoms with van der Waals surface area (Å²) in [6.07, 6.45) is 2.07. The highest BCUT2D eigenvalue weighted by Crippen LogP contribution is 2.09. The lowest BCUT2D eigenvalue weighted by Gasteiger charge is -2.36. The smallest absolute Gasteiger partial charge is 0.234 e. The number of hydrogen-bond acceptors (Lipinski definition) is 4. The van der Waals surface area contributed by atoms with Crippen LogP contribution in [-0.4, -0.2) is 76.9 Å².